The van der Waals surface area contributed by atoms with Gasteiger partial charge in [-0.3, -0.25) is 5.32 Å². The fraction of sp³-hybridized carbons (Fsp3) is 0.391. The van der Waals surface area contributed by atoms with Crippen LogP contribution in [0.15, 0.2) is 54.6 Å². The van der Waals surface area contributed by atoms with Crippen molar-refractivity contribution in [2.45, 2.75) is 44.1 Å². The van der Waals surface area contributed by atoms with Crippen LogP contribution >= 0.6 is 0 Å². The van der Waals surface area contributed by atoms with Crippen LogP contribution in [-0.2, 0) is 14.2 Å². The van der Waals surface area contributed by atoms with Crippen LogP contribution in [0.1, 0.15) is 31.6 Å². The van der Waals surface area contributed by atoms with Crippen LogP contribution in [0.2, 0.25) is 0 Å². The third kappa shape index (κ3) is 4.53. The Bertz CT molecular complexity index is 1090. The molecule has 0 unspecified atom stereocenters. The van der Waals surface area contributed by atoms with Crippen molar-refractivity contribution in [3.8, 4) is 11.5 Å². The number of tetrazole rings is 1. The molecule has 0 saturated carbocycles. The Labute approximate surface area is 190 Å². The molecule has 0 spiro atoms. The molecule has 3 aromatic rings. The van der Waals surface area contributed by atoms with Crippen LogP contribution in [-0.4, -0.2) is 57.8 Å². The molecule has 10 nitrogen and oxygen atoms in total. The first-order chi connectivity index (χ1) is 16.1. The van der Waals surface area contributed by atoms with E-state index in [2.05, 4.69) is 20.8 Å². The number of aromatic nitrogens is 4. The normalized spacial score (nSPS) is 24.0. The number of carbonyl (C=O) groups excluding carboxylic acids is 1. The molecule has 33 heavy (non-hydrogen) atoms. The summed E-state index contributed by atoms with van der Waals surface area (Å²) in [6.45, 7) is 4.70. The van der Waals surface area contributed by atoms with Gasteiger partial charge in [0.1, 0.15) is 29.7 Å². The van der Waals surface area contributed by atoms with E-state index in [1.807, 2.05) is 44.2 Å². The molecular formula is C23H25N5O5. The van der Waals surface area contributed by atoms with Gasteiger partial charge in [0.2, 0.25) is 0 Å². The highest BCUT2D eigenvalue weighted by molar-refractivity contribution is 5.84. The smallest absolute Gasteiger partial charge is 0.412 e. The Hall–Kier alpha value is -3.50. The summed E-state index contributed by atoms with van der Waals surface area (Å²) < 4.78 is 25.0. The van der Waals surface area contributed by atoms with E-state index in [1.54, 1.807) is 28.9 Å². The monoisotopic (exact) mass is 451 g/mol. The summed E-state index contributed by atoms with van der Waals surface area (Å²) in [6, 6.07) is 16.4. The lowest BCUT2D eigenvalue weighted by molar-refractivity contribution is 0.00763. The number of nitrogens with zero attached hydrogens (tertiary/aromatic N) is 4. The molecule has 1 aromatic heterocycles. The molecule has 4 atom stereocenters. The molecule has 172 valence electrons. The van der Waals surface area contributed by atoms with Crippen molar-refractivity contribution in [2.75, 3.05) is 18.5 Å². The number of fused-ring (bicyclic) bond motifs is 1. The number of benzene rings is 2. The van der Waals surface area contributed by atoms with Gasteiger partial charge >= 0.3 is 6.09 Å². The standard InChI is InChI=1S/C23H25N5O5/c1-14(2)22-25-26-27-28(22)18-12-30-21-19(13-31-20(18)21)33-23(29)24-15-8-10-17(11-9-15)32-16-6-4-3-5-7-16/h3-11,14,18-21H,12-13H2,1-2H3,(H,24,29)/t18-,19-,20-,21+/m1/s1. The van der Waals surface area contributed by atoms with Crippen molar-refractivity contribution in [3.05, 3.63) is 60.4 Å². The highest BCUT2D eigenvalue weighted by atomic mass is 16.6. The number of ether oxygens (including phenoxy) is 4. The maximum atomic E-state index is 12.5. The van der Waals surface area contributed by atoms with Gasteiger partial charge in [-0.2, -0.15) is 0 Å². The third-order valence-electron chi connectivity index (χ3n) is 5.67. The second kappa shape index (κ2) is 9.16. The topological polar surface area (TPSA) is 110 Å². The summed E-state index contributed by atoms with van der Waals surface area (Å²) in [5.74, 6) is 2.35. The van der Waals surface area contributed by atoms with E-state index >= 15 is 0 Å². The van der Waals surface area contributed by atoms with Crippen molar-refractivity contribution >= 4 is 11.8 Å². The SMILES string of the molecule is CC(C)c1nnnn1[C@@H]1CO[C@@H]2[C@@H]1OC[C@H]2OC(=O)Nc1ccc(Oc2ccccc2)cc1. The van der Waals surface area contributed by atoms with E-state index in [0.29, 0.717) is 18.0 Å². The van der Waals surface area contributed by atoms with E-state index in [1.165, 1.54) is 0 Å². The van der Waals surface area contributed by atoms with Gasteiger partial charge in [0.25, 0.3) is 0 Å². The molecule has 2 aromatic carbocycles. The van der Waals surface area contributed by atoms with Crippen LogP contribution in [0, 0.1) is 0 Å². The molecule has 3 heterocycles. The van der Waals surface area contributed by atoms with Crippen LogP contribution in [0.5, 0.6) is 11.5 Å². The van der Waals surface area contributed by atoms with Crippen LogP contribution in [0.3, 0.4) is 0 Å². The van der Waals surface area contributed by atoms with Crippen molar-refractivity contribution < 1.29 is 23.7 Å². The van der Waals surface area contributed by atoms with Gasteiger partial charge in [0, 0.05) is 11.6 Å². The van der Waals surface area contributed by atoms with Crippen LogP contribution in [0.25, 0.3) is 0 Å². The number of amides is 1. The second-order valence-electron chi connectivity index (χ2n) is 8.31. The van der Waals surface area contributed by atoms with Gasteiger partial charge in [-0.05, 0) is 46.8 Å². The molecule has 0 aliphatic carbocycles. The highest BCUT2D eigenvalue weighted by Gasteiger charge is 2.51. The van der Waals surface area contributed by atoms with E-state index in [-0.39, 0.29) is 30.8 Å². The van der Waals surface area contributed by atoms with Crippen LogP contribution < -0.4 is 10.1 Å². The van der Waals surface area contributed by atoms with Gasteiger partial charge in [0.05, 0.1) is 13.2 Å². The van der Waals surface area contributed by atoms with Crippen molar-refractivity contribution in [1.82, 2.24) is 20.2 Å². The Morgan fingerprint density at radius 2 is 1.76 bits per heavy atom. The Kier molecular flexibility index (Phi) is 5.93. The number of carbonyl (C=O) groups is 1. The molecular weight excluding hydrogens is 426 g/mol. The number of rotatable bonds is 6. The zero-order chi connectivity index (χ0) is 22.8. The van der Waals surface area contributed by atoms with E-state index in [9.17, 15) is 4.79 Å². The molecule has 2 saturated heterocycles. The zero-order valence-corrected chi connectivity index (χ0v) is 18.3. The van der Waals surface area contributed by atoms with Crippen molar-refractivity contribution in [2.24, 2.45) is 0 Å². The summed E-state index contributed by atoms with van der Waals surface area (Å²) in [7, 11) is 0. The molecule has 0 radical (unpaired) electrons. The molecule has 2 fully saturated rings. The number of nitrogens with one attached hydrogen (secondary N) is 1. The molecule has 1 N–H and O–H groups in total. The minimum Gasteiger partial charge on any atom is -0.457 e. The highest BCUT2D eigenvalue weighted by Crippen LogP contribution is 2.36. The van der Waals surface area contributed by atoms with Gasteiger partial charge in [0.15, 0.2) is 11.9 Å². The first-order valence-electron chi connectivity index (χ1n) is 10.9. The Morgan fingerprint density at radius 3 is 2.52 bits per heavy atom. The number of hydrogen-bond donors (Lipinski definition) is 1. The average molecular weight is 451 g/mol. The van der Waals surface area contributed by atoms with E-state index < -0.39 is 12.2 Å². The molecule has 2 aliphatic rings. The lowest BCUT2D eigenvalue weighted by Gasteiger charge is -2.18. The average Bonchev–Trinajstić information content (AvgIpc) is 3.53. The maximum absolute atomic E-state index is 12.5. The molecule has 10 heteroatoms. The summed E-state index contributed by atoms with van der Waals surface area (Å²) in [5.41, 5.74) is 0.594. The second-order valence-corrected chi connectivity index (χ2v) is 8.31. The van der Waals surface area contributed by atoms with Gasteiger partial charge in [-0.1, -0.05) is 32.0 Å². The Balaban J connectivity index is 1.16. The third-order valence-corrected chi connectivity index (χ3v) is 5.67. The predicted octanol–water partition coefficient (Wildman–Crippen LogP) is 3.54. The summed E-state index contributed by atoms with van der Waals surface area (Å²) in [5, 5.41) is 14.8. The van der Waals surface area contributed by atoms with E-state index in [0.717, 1.165) is 11.6 Å². The fourth-order valence-corrected chi connectivity index (χ4v) is 4.09. The first kappa shape index (κ1) is 21.4. The minimum atomic E-state index is -0.571. The van der Waals surface area contributed by atoms with Gasteiger partial charge < -0.3 is 18.9 Å². The quantitative estimate of drug-likeness (QED) is 0.606. The minimum absolute atomic E-state index is 0.156. The number of hydrogen-bond acceptors (Lipinski definition) is 8. The lowest BCUT2D eigenvalue weighted by atomic mass is 10.1. The van der Waals surface area contributed by atoms with E-state index in [4.69, 9.17) is 18.9 Å². The van der Waals surface area contributed by atoms with Crippen molar-refractivity contribution in [1.29, 1.82) is 0 Å². The van der Waals surface area contributed by atoms with Gasteiger partial charge in [-0.15, -0.1) is 5.10 Å². The summed E-state index contributed by atoms with van der Waals surface area (Å²) >= 11 is 0. The fourth-order valence-electron chi connectivity index (χ4n) is 4.09. The van der Waals surface area contributed by atoms with Gasteiger partial charge in [-0.25, -0.2) is 9.48 Å². The maximum Gasteiger partial charge on any atom is 0.412 e. The van der Waals surface area contributed by atoms with Crippen molar-refractivity contribution in [3.63, 3.8) is 0 Å². The molecule has 1 amide bonds. The molecule has 2 aliphatic heterocycles. The van der Waals surface area contributed by atoms with Crippen LogP contribution in [0.4, 0.5) is 10.5 Å². The lowest BCUT2D eigenvalue weighted by Crippen LogP contribution is -2.35. The Morgan fingerprint density at radius 1 is 1.03 bits per heavy atom. The number of anilines is 1. The zero-order valence-electron chi connectivity index (χ0n) is 18.3. The summed E-state index contributed by atoms with van der Waals surface area (Å²) in [4.78, 5) is 12.5. The first-order valence-corrected chi connectivity index (χ1v) is 10.9. The molecule has 0 bridgehead atoms. The number of para-hydroxylation sites is 1. The largest absolute Gasteiger partial charge is 0.457 e. The predicted molar refractivity (Wildman–Crippen MR) is 117 cm³/mol. The summed E-state index contributed by atoms with van der Waals surface area (Å²) in [6.07, 6.45) is -1.73. The molecule has 5 rings (SSSR count).